The van der Waals surface area contributed by atoms with Crippen molar-refractivity contribution < 1.29 is 9.59 Å². The van der Waals surface area contributed by atoms with E-state index in [0.717, 1.165) is 23.8 Å². The lowest BCUT2D eigenvalue weighted by atomic mass is 10.1. The molecule has 7 nitrogen and oxygen atoms in total. The quantitative estimate of drug-likeness (QED) is 0.791. The number of carbonyl (C=O) groups excluding carboxylic acids is 2. The van der Waals surface area contributed by atoms with Gasteiger partial charge in [-0.05, 0) is 36.6 Å². The number of urea groups is 1. The Morgan fingerprint density at radius 1 is 1.03 bits per heavy atom. The molecular weight excluding hydrogens is 378 g/mol. The van der Waals surface area contributed by atoms with E-state index in [0.29, 0.717) is 6.54 Å². The van der Waals surface area contributed by atoms with Gasteiger partial charge in [-0.15, -0.1) is 0 Å². The predicted molar refractivity (Wildman–Crippen MR) is 115 cm³/mol. The molecule has 3 aliphatic rings. The van der Waals surface area contributed by atoms with Gasteiger partial charge in [-0.1, -0.05) is 42.5 Å². The molecule has 0 saturated carbocycles. The van der Waals surface area contributed by atoms with Crippen LogP contribution in [0, 0.1) is 13.8 Å². The smallest absolute Gasteiger partial charge is 0.325 e. The van der Waals surface area contributed by atoms with Crippen molar-refractivity contribution >= 4 is 23.6 Å². The van der Waals surface area contributed by atoms with Crippen molar-refractivity contribution in [3.05, 3.63) is 65.2 Å². The Kier molecular flexibility index (Phi) is 4.27. The van der Waals surface area contributed by atoms with Crippen molar-refractivity contribution in [1.82, 2.24) is 14.7 Å². The number of benzene rings is 2. The van der Waals surface area contributed by atoms with Crippen LogP contribution < -0.4 is 4.90 Å². The second kappa shape index (κ2) is 6.86. The van der Waals surface area contributed by atoms with Gasteiger partial charge in [0, 0.05) is 25.8 Å². The minimum absolute atomic E-state index is 0.173. The summed E-state index contributed by atoms with van der Waals surface area (Å²) >= 11 is 0. The Morgan fingerprint density at radius 3 is 2.57 bits per heavy atom. The van der Waals surface area contributed by atoms with Crippen LogP contribution in [0.2, 0.25) is 0 Å². The molecule has 0 aromatic heterocycles. The standard InChI is InChI=1S/C23H25N5O2/c1-15-9-10-16(2)18(13-15)26-11-12-27-19-20(24-22(26)27)25(3)23(30)28(21(19)29)14-17-7-5-4-6-8-17/h4-10,13,19-20H,11-12,14H2,1-3H3. The van der Waals surface area contributed by atoms with E-state index in [1.807, 2.05) is 30.3 Å². The van der Waals surface area contributed by atoms with E-state index in [1.54, 1.807) is 11.9 Å². The Hall–Kier alpha value is -3.35. The summed E-state index contributed by atoms with van der Waals surface area (Å²) in [5.41, 5.74) is 4.39. The number of likely N-dealkylation sites (N-methyl/N-ethyl adjacent to an activating group) is 1. The van der Waals surface area contributed by atoms with Crippen LogP contribution >= 0.6 is 0 Å². The maximum Gasteiger partial charge on any atom is 0.328 e. The molecule has 154 valence electrons. The SMILES string of the molecule is Cc1ccc(C)c(N2CCN3C2=NC2C3C(=O)N(Cc3ccccc3)C(=O)N2C)c1. The number of carbonyl (C=O) groups is 2. The molecule has 7 heteroatoms. The summed E-state index contributed by atoms with van der Waals surface area (Å²) in [7, 11) is 1.74. The summed E-state index contributed by atoms with van der Waals surface area (Å²) in [5, 5.41) is 0. The monoisotopic (exact) mass is 403 g/mol. The summed E-state index contributed by atoms with van der Waals surface area (Å²) in [5.74, 6) is 0.613. The molecule has 5 rings (SSSR count). The van der Waals surface area contributed by atoms with E-state index in [-0.39, 0.29) is 18.5 Å². The third-order valence-corrected chi connectivity index (χ3v) is 6.22. The molecule has 0 bridgehead atoms. The molecule has 3 heterocycles. The zero-order chi connectivity index (χ0) is 21.0. The molecule has 3 aliphatic heterocycles. The topological polar surface area (TPSA) is 59.5 Å². The van der Waals surface area contributed by atoms with E-state index >= 15 is 0 Å². The van der Waals surface area contributed by atoms with Gasteiger partial charge in [0.25, 0.3) is 5.91 Å². The van der Waals surface area contributed by atoms with Crippen LogP contribution in [-0.2, 0) is 11.3 Å². The number of hydrogen-bond acceptors (Lipinski definition) is 5. The first kappa shape index (κ1) is 18.7. The lowest BCUT2D eigenvalue weighted by molar-refractivity contribution is -0.137. The number of aryl methyl sites for hydroxylation is 2. The van der Waals surface area contributed by atoms with Crippen molar-refractivity contribution in [2.24, 2.45) is 4.99 Å². The fraction of sp³-hybridized carbons (Fsp3) is 0.348. The number of rotatable bonds is 3. The largest absolute Gasteiger partial charge is 0.328 e. The van der Waals surface area contributed by atoms with Gasteiger partial charge in [0.2, 0.25) is 5.96 Å². The highest BCUT2D eigenvalue weighted by molar-refractivity contribution is 6.08. The first-order valence-corrected chi connectivity index (χ1v) is 10.3. The number of anilines is 1. The molecule has 2 saturated heterocycles. The second-order valence-electron chi connectivity index (χ2n) is 8.23. The first-order chi connectivity index (χ1) is 14.5. The predicted octanol–water partition coefficient (Wildman–Crippen LogP) is 2.58. The van der Waals surface area contributed by atoms with Crippen LogP contribution in [-0.4, -0.2) is 64.9 Å². The molecule has 0 radical (unpaired) electrons. The number of aliphatic imine (C=N–C) groups is 1. The molecule has 2 aromatic carbocycles. The highest BCUT2D eigenvalue weighted by atomic mass is 16.2. The molecule has 2 aromatic rings. The Labute approximate surface area is 176 Å². The van der Waals surface area contributed by atoms with E-state index in [1.165, 1.54) is 16.0 Å². The van der Waals surface area contributed by atoms with E-state index in [2.05, 4.69) is 41.8 Å². The Morgan fingerprint density at radius 2 is 1.80 bits per heavy atom. The van der Waals surface area contributed by atoms with E-state index in [4.69, 9.17) is 4.99 Å². The second-order valence-corrected chi connectivity index (χ2v) is 8.23. The summed E-state index contributed by atoms with van der Waals surface area (Å²) in [6.07, 6.45) is -0.486. The number of imide groups is 1. The van der Waals surface area contributed by atoms with Crippen LogP contribution in [0.25, 0.3) is 0 Å². The van der Waals surface area contributed by atoms with Gasteiger partial charge in [0.15, 0.2) is 12.2 Å². The Bertz CT molecular complexity index is 1050. The van der Waals surface area contributed by atoms with Gasteiger partial charge in [0.1, 0.15) is 0 Å². The average molecular weight is 403 g/mol. The molecule has 0 N–H and O–H groups in total. The van der Waals surface area contributed by atoms with Gasteiger partial charge < -0.3 is 14.7 Å². The third-order valence-electron chi connectivity index (χ3n) is 6.22. The minimum atomic E-state index is -0.486. The third kappa shape index (κ3) is 2.76. The van der Waals surface area contributed by atoms with Crippen molar-refractivity contribution in [3.63, 3.8) is 0 Å². The normalized spacial score (nSPS) is 23.1. The number of guanidine groups is 1. The first-order valence-electron chi connectivity index (χ1n) is 10.3. The number of fused-ring (bicyclic) bond motifs is 3. The molecule has 2 fully saturated rings. The minimum Gasteiger partial charge on any atom is -0.325 e. The zero-order valence-corrected chi connectivity index (χ0v) is 17.4. The highest BCUT2D eigenvalue weighted by Gasteiger charge is 2.54. The van der Waals surface area contributed by atoms with Gasteiger partial charge in [-0.2, -0.15) is 0 Å². The fourth-order valence-corrected chi connectivity index (χ4v) is 4.59. The lowest BCUT2D eigenvalue weighted by Gasteiger charge is -2.40. The average Bonchev–Trinajstić information content (AvgIpc) is 3.32. The van der Waals surface area contributed by atoms with Gasteiger partial charge in [0.05, 0.1) is 6.54 Å². The summed E-state index contributed by atoms with van der Waals surface area (Å²) < 4.78 is 0. The summed E-state index contributed by atoms with van der Waals surface area (Å²) in [6.45, 7) is 5.92. The number of nitrogens with zero attached hydrogens (tertiary/aromatic N) is 5. The van der Waals surface area contributed by atoms with Crippen LogP contribution in [0.15, 0.2) is 53.5 Å². The van der Waals surface area contributed by atoms with Crippen molar-refractivity contribution in [3.8, 4) is 0 Å². The van der Waals surface area contributed by atoms with Crippen LogP contribution in [0.1, 0.15) is 16.7 Å². The molecule has 30 heavy (non-hydrogen) atoms. The van der Waals surface area contributed by atoms with Gasteiger partial charge in [-0.25, -0.2) is 9.79 Å². The molecule has 0 aliphatic carbocycles. The van der Waals surface area contributed by atoms with Crippen molar-refractivity contribution in [2.45, 2.75) is 32.6 Å². The number of amides is 3. The van der Waals surface area contributed by atoms with Crippen LogP contribution in [0.4, 0.5) is 10.5 Å². The van der Waals surface area contributed by atoms with Gasteiger partial charge in [-0.3, -0.25) is 9.69 Å². The van der Waals surface area contributed by atoms with E-state index in [9.17, 15) is 9.59 Å². The summed E-state index contributed by atoms with van der Waals surface area (Å²) in [6, 6.07) is 15.2. The molecule has 2 atom stereocenters. The van der Waals surface area contributed by atoms with Crippen LogP contribution in [0.3, 0.4) is 0 Å². The molecule has 0 spiro atoms. The Balaban J connectivity index is 1.46. The summed E-state index contributed by atoms with van der Waals surface area (Å²) in [4.78, 5) is 38.4. The lowest BCUT2D eigenvalue weighted by Crippen LogP contribution is -2.64. The maximum atomic E-state index is 13.4. The van der Waals surface area contributed by atoms with Crippen LogP contribution in [0.5, 0.6) is 0 Å². The number of hydrogen-bond donors (Lipinski definition) is 0. The molecule has 3 amide bonds. The molecular formula is C23H25N5O2. The highest BCUT2D eigenvalue weighted by Crippen LogP contribution is 2.35. The van der Waals surface area contributed by atoms with Gasteiger partial charge >= 0.3 is 6.03 Å². The fourth-order valence-electron chi connectivity index (χ4n) is 4.59. The molecule has 2 unspecified atom stereocenters. The van der Waals surface area contributed by atoms with Crippen molar-refractivity contribution in [1.29, 1.82) is 0 Å². The maximum absolute atomic E-state index is 13.4. The van der Waals surface area contributed by atoms with Crippen molar-refractivity contribution in [2.75, 3.05) is 25.0 Å². The zero-order valence-electron chi connectivity index (χ0n) is 17.4. The van der Waals surface area contributed by atoms with E-state index < -0.39 is 12.2 Å².